The van der Waals surface area contributed by atoms with Crippen molar-refractivity contribution in [3.63, 3.8) is 0 Å². The van der Waals surface area contributed by atoms with Gasteiger partial charge in [-0.25, -0.2) is 4.98 Å². The first kappa shape index (κ1) is 16.4. The third kappa shape index (κ3) is 3.45. The number of anilines is 2. The Hall–Kier alpha value is -3.12. The van der Waals surface area contributed by atoms with Gasteiger partial charge in [0, 0.05) is 19.6 Å². The minimum atomic E-state index is -0.0508. The summed E-state index contributed by atoms with van der Waals surface area (Å²) >= 11 is 0. The molecule has 132 valence electrons. The SMILES string of the molecule is Nc1ccc(-c2ccco2)nc1NC(=O)C1CN(Cc2ccccc2)C1. The number of nitrogens with one attached hydrogen (secondary N) is 1. The number of furan rings is 1. The van der Waals surface area contributed by atoms with Gasteiger partial charge in [0.25, 0.3) is 0 Å². The van der Waals surface area contributed by atoms with E-state index in [2.05, 4.69) is 27.3 Å². The van der Waals surface area contributed by atoms with Crippen LogP contribution in [-0.2, 0) is 11.3 Å². The number of amides is 1. The smallest absolute Gasteiger partial charge is 0.231 e. The van der Waals surface area contributed by atoms with Crippen LogP contribution in [0.3, 0.4) is 0 Å². The lowest BCUT2D eigenvalue weighted by molar-refractivity contribution is -0.125. The first-order chi connectivity index (χ1) is 12.7. The summed E-state index contributed by atoms with van der Waals surface area (Å²) < 4.78 is 5.35. The molecule has 3 heterocycles. The Bertz CT molecular complexity index is 887. The van der Waals surface area contributed by atoms with Crippen molar-refractivity contribution in [2.24, 2.45) is 5.92 Å². The molecule has 1 aliphatic rings. The molecule has 6 nitrogen and oxygen atoms in total. The number of carbonyl (C=O) groups excluding carboxylic acids is 1. The first-order valence-electron chi connectivity index (χ1n) is 8.56. The maximum Gasteiger partial charge on any atom is 0.231 e. The molecule has 2 aromatic heterocycles. The summed E-state index contributed by atoms with van der Waals surface area (Å²) in [6.07, 6.45) is 1.58. The van der Waals surface area contributed by atoms with Crippen molar-refractivity contribution in [1.82, 2.24) is 9.88 Å². The second-order valence-electron chi connectivity index (χ2n) is 6.48. The van der Waals surface area contributed by atoms with Gasteiger partial charge in [0.2, 0.25) is 5.91 Å². The molecule has 0 atom stereocenters. The fraction of sp³-hybridized carbons (Fsp3) is 0.200. The number of hydrogen-bond acceptors (Lipinski definition) is 5. The van der Waals surface area contributed by atoms with Crippen LogP contribution in [0.2, 0.25) is 0 Å². The highest BCUT2D eigenvalue weighted by molar-refractivity contribution is 5.95. The highest BCUT2D eigenvalue weighted by Crippen LogP contribution is 2.25. The summed E-state index contributed by atoms with van der Waals surface area (Å²) in [6, 6.07) is 17.4. The van der Waals surface area contributed by atoms with Gasteiger partial charge in [-0.1, -0.05) is 30.3 Å². The quantitative estimate of drug-likeness (QED) is 0.740. The van der Waals surface area contributed by atoms with Crippen molar-refractivity contribution in [3.05, 3.63) is 66.4 Å². The van der Waals surface area contributed by atoms with Gasteiger partial charge in [-0.05, 0) is 29.8 Å². The minimum absolute atomic E-state index is 0.0489. The van der Waals surface area contributed by atoms with Crippen molar-refractivity contribution < 1.29 is 9.21 Å². The average Bonchev–Trinajstić information content (AvgIpc) is 3.15. The maximum absolute atomic E-state index is 12.5. The number of rotatable bonds is 5. The molecule has 3 aromatic rings. The van der Waals surface area contributed by atoms with Gasteiger partial charge in [0.05, 0.1) is 17.9 Å². The zero-order chi connectivity index (χ0) is 17.9. The van der Waals surface area contributed by atoms with E-state index in [4.69, 9.17) is 10.2 Å². The fourth-order valence-corrected chi connectivity index (χ4v) is 3.06. The molecule has 6 heteroatoms. The van der Waals surface area contributed by atoms with Crippen LogP contribution >= 0.6 is 0 Å². The minimum Gasteiger partial charge on any atom is -0.463 e. The first-order valence-corrected chi connectivity index (χ1v) is 8.56. The third-order valence-electron chi connectivity index (χ3n) is 4.52. The number of pyridine rings is 1. The molecule has 0 aliphatic carbocycles. The number of likely N-dealkylation sites (tertiary alicyclic amines) is 1. The molecule has 1 amide bonds. The van der Waals surface area contributed by atoms with Crippen LogP contribution < -0.4 is 11.1 Å². The van der Waals surface area contributed by atoms with Gasteiger partial charge in [-0.3, -0.25) is 9.69 Å². The van der Waals surface area contributed by atoms with Crippen LogP contribution in [0.4, 0.5) is 11.5 Å². The van der Waals surface area contributed by atoms with Gasteiger partial charge in [0.1, 0.15) is 5.69 Å². The van der Waals surface area contributed by atoms with Crippen LogP contribution in [0.25, 0.3) is 11.5 Å². The van der Waals surface area contributed by atoms with Crippen molar-refractivity contribution in [2.75, 3.05) is 24.1 Å². The molecule has 0 bridgehead atoms. The molecule has 1 saturated heterocycles. The molecule has 0 unspecified atom stereocenters. The van der Waals surface area contributed by atoms with Crippen LogP contribution in [0.1, 0.15) is 5.56 Å². The maximum atomic E-state index is 12.5. The molecule has 26 heavy (non-hydrogen) atoms. The summed E-state index contributed by atoms with van der Waals surface area (Å²) in [5.74, 6) is 0.917. The molecule has 3 N–H and O–H groups in total. The second-order valence-corrected chi connectivity index (χ2v) is 6.48. The Morgan fingerprint density at radius 3 is 2.69 bits per heavy atom. The van der Waals surface area contributed by atoms with E-state index < -0.39 is 0 Å². The Morgan fingerprint density at radius 1 is 1.15 bits per heavy atom. The normalized spacial score (nSPS) is 14.8. The molecule has 0 radical (unpaired) electrons. The lowest BCUT2D eigenvalue weighted by Gasteiger charge is -2.38. The highest BCUT2D eigenvalue weighted by Gasteiger charge is 2.32. The molecular formula is C20H20N4O2. The van der Waals surface area contributed by atoms with Crippen molar-refractivity contribution in [2.45, 2.75) is 6.54 Å². The van der Waals surface area contributed by atoms with E-state index >= 15 is 0 Å². The van der Waals surface area contributed by atoms with Gasteiger partial charge >= 0.3 is 0 Å². The fourth-order valence-electron chi connectivity index (χ4n) is 3.06. The van der Waals surface area contributed by atoms with E-state index in [1.807, 2.05) is 24.3 Å². The molecule has 0 saturated carbocycles. The van der Waals surface area contributed by atoms with Crippen LogP contribution in [0.15, 0.2) is 65.3 Å². The third-order valence-corrected chi connectivity index (χ3v) is 4.52. The van der Waals surface area contributed by atoms with Crippen molar-refractivity contribution in [3.8, 4) is 11.5 Å². The second kappa shape index (κ2) is 7.01. The number of benzene rings is 1. The van der Waals surface area contributed by atoms with Crippen LogP contribution in [-0.4, -0.2) is 28.9 Å². The van der Waals surface area contributed by atoms with E-state index in [0.29, 0.717) is 23.0 Å². The van der Waals surface area contributed by atoms with E-state index in [0.717, 1.165) is 19.6 Å². The zero-order valence-corrected chi connectivity index (χ0v) is 14.3. The van der Waals surface area contributed by atoms with E-state index in [-0.39, 0.29) is 11.8 Å². The topological polar surface area (TPSA) is 84.4 Å². The molecule has 1 aromatic carbocycles. The van der Waals surface area contributed by atoms with Crippen molar-refractivity contribution in [1.29, 1.82) is 0 Å². The van der Waals surface area contributed by atoms with Crippen LogP contribution in [0.5, 0.6) is 0 Å². The summed E-state index contributed by atoms with van der Waals surface area (Å²) in [6.45, 7) is 2.33. The molecule has 1 aliphatic heterocycles. The van der Waals surface area contributed by atoms with Crippen LogP contribution in [0, 0.1) is 5.92 Å². The zero-order valence-electron chi connectivity index (χ0n) is 14.3. The number of nitrogens with zero attached hydrogens (tertiary/aromatic N) is 2. The Labute approximate surface area is 151 Å². The van der Waals surface area contributed by atoms with Gasteiger partial charge in [0.15, 0.2) is 11.6 Å². The number of carbonyl (C=O) groups is 1. The highest BCUT2D eigenvalue weighted by atomic mass is 16.3. The Balaban J connectivity index is 1.36. The Morgan fingerprint density at radius 2 is 1.96 bits per heavy atom. The number of nitrogens with two attached hydrogens (primary N) is 1. The summed E-state index contributed by atoms with van der Waals surface area (Å²) in [7, 11) is 0. The number of nitrogen functional groups attached to an aromatic ring is 1. The summed E-state index contributed by atoms with van der Waals surface area (Å²) in [5, 5.41) is 2.86. The predicted octanol–water partition coefficient (Wildman–Crippen LogP) is 2.99. The predicted molar refractivity (Wildman–Crippen MR) is 100 cm³/mol. The van der Waals surface area contributed by atoms with E-state index in [1.165, 1.54) is 5.56 Å². The van der Waals surface area contributed by atoms with Gasteiger partial charge < -0.3 is 15.5 Å². The molecule has 4 rings (SSSR count). The molecule has 0 spiro atoms. The van der Waals surface area contributed by atoms with Crippen molar-refractivity contribution >= 4 is 17.4 Å². The molecule has 1 fully saturated rings. The summed E-state index contributed by atoms with van der Waals surface area (Å²) in [4.78, 5) is 19.1. The standard InChI is InChI=1S/C20H20N4O2/c21-16-8-9-17(18-7-4-10-26-18)22-19(16)23-20(25)15-12-24(13-15)11-14-5-2-1-3-6-14/h1-10,15H,11-13,21H2,(H,22,23,25). The molecular weight excluding hydrogens is 328 g/mol. The van der Waals surface area contributed by atoms with E-state index in [1.54, 1.807) is 24.5 Å². The van der Waals surface area contributed by atoms with Gasteiger partial charge in [-0.2, -0.15) is 0 Å². The number of aromatic nitrogens is 1. The average molecular weight is 348 g/mol. The lowest BCUT2D eigenvalue weighted by Crippen LogP contribution is -2.51. The number of hydrogen-bond donors (Lipinski definition) is 2. The van der Waals surface area contributed by atoms with E-state index in [9.17, 15) is 4.79 Å². The van der Waals surface area contributed by atoms with Gasteiger partial charge in [-0.15, -0.1) is 0 Å². The Kier molecular flexibility index (Phi) is 4.41. The largest absolute Gasteiger partial charge is 0.463 e. The summed E-state index contributed by atoms with van der Waals surface area (Å²) in [5.41, 5.74) is 8.29. The monoisotopic (exact) mass is 348 g/mol. The lowest BCUT2D eigenvalue weighted by atomic mass is 9.98.